The molecule has 0 aromatic rings. The Balaban J connectivity index is 1.68. The Bertz CT molecular complexity index is 290. The molecule has 0 aromatic heterocycles. The van der Waals surface area contributed by atoms with E-state index in [1.165, 1.54) is 19.3 Å². The van der Waals surface area contributed by atoms with E-state index < -0.39 is 12.1 Å². The van der Waals surface area contributed by atoms with Crippen molar-refractivity contribution in [3.05, 3.63) is 0 Å². The fourth-order valence-electron chi connectivity index (χ4n) is 2.95. The Hall–Kier alpha value is -0.610. The van der Waals surface area contributed by atoms with Gasteiger partial charge in [-0.2, -0.15) is 0 Å². The molecule has 1 saturated heterocycles. The van der Waals surface area contributed by atoms with Crippen LogP contribution in [0.15, 0.2) is 0 Å². The molecule has 2 fully saturated rings. The second kappa shape index (κ2) is 4.94. The van der Waals surface area contributed by atoms with Gasteiger partial charge in [0.25, 0.3) is 0 Å². The van der Waals surface area contributed by atoms with Crippen LogP contribution in [0.5, 0.6) is 0 Å². The lowest BCUT2D eigenvalue weighted by Crippen LogP contribution is -2.35. The van der Waals surface area contributed by atoms with Crippen molar-refractivity contribution in [2.75, 3.05) is 6.54 Å². The van der Waals surface area contributed by atoms with Gasteiger partial charge in [-0.25, -0.2) is 4.79 Å². The first-order chi connectivity index (χ1) is 7.96. The largest absolute Gasteiger partial charge is 0.479 e. The van der Waals surface area contributed by atoms with Crippen molar-refractivity contribution < 1.29 is 14.6 Å². The van der Waals surface area contributed by atoms with Gasteiger partial charge in [0, 0.05) is 12.6 Å². The summed E-state index contributed by atoms with van der Waals surface area (Å²) in [7, 11) is 0. The molecule has 1 aliphatic carbocycles. The summed E-state index contributed by atoms with van der Waals surface area (Å²) in [4.78, 5) is 10.7. The lowest BCUT2D eigenvalue weighted by molar-refractivity contribution is -0.149. The van der Waals surface area contributed by atoms with Crippen LogP contribution in [-0.2, 0) is 9.53 Å². The highest BCUT2D eigenvalue weighted by Gasteiger charge is 2.33. The molecular weight excluding hydrogens is 218 g/mol. The van der Waals surface area contributed by atoms with Crippen molar-refractivity contribution in [2.45, 2.75) is 64.2 Å². The molecule has 4 nitrogen and oxygen atoms in total. The maximum absolute atomic E-state index is 10.7. The minimum absolute atomic E-state index is 0.0832. The average molecular weight is 241 g/mol. The van der Waals surface area contributed by atoms with Gasteiger partial charge in [-0.3, -0.25) is 0 Å². The molecule has 3 unspecified atom stereocenters. The summed E-state index contributed by atoms with van der Waals surface area (Å²) in [5.41, 5.74) is 0.456. The number of hydrogen-bond acceptors (Lipinski definition) is 3. The van der Waals surface area contributed by atoms with Crippen LogP contribution < -0.4 is 5.32 Å². The van der Waals surface area contributed by atoms with Crippen LogP contribution in [0.1, 0.15) is 46.0 Å². The summed E-state index contributed by atoms with van der Waals surface area (Å²) in [5, 5.41) is 12.4. The first kappa shape index (κ1) is 12.8. The highest BCUT2D eigenvalue weighted by atomic mass is 16.5. The molecule has 0 amide bonds. The lowest BCUT2D eigenvalue weighted by Gasteiger charge is -2.19. The van der Waals surface area contributed by atoms with Crippen molar-refractivity contribution >= 4 is 5.97 Å². The maximum atomic E-state index is 10.7. The normalized spacial score (nSPS) is 36.2. The standard InChI is InChI=1S/C13H23NO3/c1-13(2)6-5-9(7-13)14-8-10-3-4-11(17-10)12(15)16/h9-11,14H,3-8H2,1-2H3,(H,15,16). The first-order valence-corrected chi connectivity index (χ1v) is 6.58. The minimum Gasteiger partial charge on any atom is -0.479 e. The Morgan fingerprint density at radius 2 is 2.18 bits per heavy atom. The van der Waals surface area contributed by atoms with E-state index in [0.29, 0.717) is 17.9 Å². The Labute approximate surface area is 103 Å². The van der Waals surface area contributed by atoms with Gasteiger partial charge in [0.05, 0.1) is 6.10 Å². The van der Waals surface area contributed by atoms with Crippen molar-refractivity contribution in [2.24, 2.45) is 5.41 Å². The van der Waals surface area contributed by atoms with Crippen LogP contribution in [-0.4, -0.2) is 35.9 Å². The second-order valence-corrected chi connectivity index (χ2v) is 6.17. The summed E-state index contributed by atoms with van der Waals surface area (Å²) < 4.78 is 5.47. The summed E-state index contributed by atoms with van der Waals surface area (Å²) in [5.74, 6) is -0.825. The quantitative estimate of drug-likeness (QED) is 0.788. The monoisotopic (exact) mass is 241 g/mol. The molecule has 2 N–H and O–H groups in total. The van der Waals surface area contributed by atoms with Crippen molar-refractivity contribution in [1.29, 1.82) is 0 Å². The summed E-state index contributed by atoms with van der Waals surface area (Å²) in [6.45, 7) is 5.41. The van der Waals surface area contributed by atoms with Gasteiger partial charge in [-0.1, -0.05) is 13.8 Å². The topological polar surface area (TPSA) is 58.6 Å². The summed E-state index contributed by atoms with van der Waals surface area (Å²) >= 11 is 0. The average Bonchev–Trinajstić information content (AvgIpc) is 2.81. The summed E-state index contributed by atoms with van der Waals surface area (Å²) in [6, 6.07) is 0.581. The number of nitrogens with one attached hydrogen (secondary N) is 1. The molecular formula is C13H23NO3. The van der Waals surface area contributed by atoms with Gasteiger partial charge >= 0.3 is 5.97 Å². The molecule has 2 rings (SSSR count). The Kier molecular flexibility index (Phi) is 3.73. The van der Waals surface area contributed by atoms with Gasteiger partial charge in [0.2, 0.25) is 0 Å². The highest BCUT2D eigenvalue weighted by Crippen LogP contribution is 2.37. The van der Waals surface area contributed by atoms with Crippen LogP contribution in [0.25, 0.3) is 0 Å². The number of carboxylic acid groups (broad SMARTS) is 1. The van der Waals surface area contributed by atoms with E-state index >= 15 is 0 Å². The molecule has 0 aromatic carbocycles. The molecule has 1 aliphatic heterocycles. The number of hydrogen-bond donors (Lipinski definition) is 2. The van der Waals surface area contributed by atoms with E-state index in [4.69, 9.17) is 9.84 Å². The van der Waals surface area contributed by atoms with Crippen LogP contribution in [0.3, 0.4) is 0 Å². The number of aliphatic carboxylic acids is 1. The van der Waals surface area contributed by atoms with Crippen LogP contribution in [0, 0.1) is 5.41 Å². The van der Waals surface area contributed by atoms with Crippen molar-refractivity contribution in [1.82, 2.24) is 5.32 Å². The zero-order chi connectivity index (χ0) is 12.5. The number of rotatable bonds is 4. The van der Waals surface area contributed by atoms with Crippen LogP contribution in [0.2, 0.25) is 0 Å². The third-order valence-corrected chi connectivity index (χ3v) is 3.99. The van der Waals surface area contributed by atoms with E-state index in [-0.39, 0.29) is 6.10 Å². The number of ether oxygens (including phenoxy) is 1. The van der Waals surface area contributed by atoms with Gasteiger partial charge in [-0.05, 0) is 37.5 Å². The number of carbonyl (C=O) groups is 1. The predicted octanol–water partition coefficient (Wildman–Crippen LogP) is 1.79. The third kappa shape index (κ3) is 3.42. The Morgan fingerprint density at radius 1 is 1.41 bits per heavy atom. The maximum Gasteiger partial charge on any atom is 0.332 e. The fourth-order valence-corrected chi connectivity index (χ4v) is 2.95. The van der Waals surface area contributed by atoms with Gasteiger partial charge in [0.1, 0.15) is 0 Å². The smallest absolute Gasteiger partial charge is 0.332 e. The van der Waals surface area contributed by atoms with E-state index in [1.54, 1.807) is 0 Å². The summed E-state index contributed by atoms with van der Waals surface area (Å²) in [6.07, 6.45) is 4.72. The van der Waals surface area contributed by atoms with Gasteiger partial charge < -0.3 is 15.2 Å². The van der Waals surface area contributed by atoms with E-state index in [0.717, 1.165) is 13.0 Å². The van der Waals surface area contributed by atoms with Crippen molar-refractivity contribution in [3.8, 4) is 0 Å². The first-order valence-electron chi connectivity index (χ1n) is 6.58. The third-order valence-electron chi connectivity index (χ3n) is 3.99. The van der Waals surface area contributed by atoms with Crippen LogP contribution >= 0.6 is 0 Å². The molecule has 0 bridgehead atoms. The van der Waals surface area contributed by atoms with Gasteiger partial charge in [-0.15, -0.1) is 0 Å². The lowest BCUT2D eigenvalue weighted by atomic mass is 9.92. The molecule has 1 heterocycles. The van der Waals surface area contributed by atoms with Crippen LogP contribution in [0.4, 0.5) is 0 Å². The molecule has 0 spiro atoms. The molecule has 3 atom stereocenters. The second-order valence-electron chi connectivity index (χ2n) is 6.17. The molecule has 1 saturated carbocycles. The van der Waals surface area contributed by atoms with Gasteiger partial charge in [0.15, 0.2) is 6.10 Å². The Morgan fingerprint density at radius 3 is 2.71 bits per heavy atom. The molecule has 98 valence electrons. The molecule has 2 aliphatic rings. The molecule has 4 heteroatoms. The number of carboxylic acids is 1. The zero-order valence-electron chi connectivity index (χ0n) is 10.7. The SMILES string of the molecule is CC1(C)CCC(NCC2CCC(C(=O)O)O2)C1. The van der Waals surface area contributed by atoms with E-state index in [9.17, 15) is 4.79 Å². The highest BCUT2D eigenvalue weighted by molar-refractivity contribution is 5.72. The minimum atomic E-state index is -0.825. The van der Waals surface area contributed by atoms with E-state index in [2.05, 4.69) is 19.2 Å². The van der Waals surface area contributed by atoms with E-state index in [1.807, 2.05) is 0 Å². The van der Waals surface area contributed by atoms with Crippen molar-refractivity contribution in [3.63, 3.8) is 0 Å². The molecule has 0 radical (unpaired) electrons. The fraction of sp³-hybridized carbons (Fsp3) is 0.923. The molecule has 17 heavy (non-hydrogen) atoms. The zero-order valence-corrected chi connectivity index (χ0v) is 10.7. The predicted molar refractivity (Wildman–Crippen MR) is 65.0 cm³/mol.